The molecule has 0 fully saturated rings. The Hall–Kier alpha value is -2.23. The number of aryl methyl sites for hydroxylation is 3. The molecule has 0 bridgehead atoms. The van der Waals surface area contributed by atoms with Gasteiger partial charge in [-0.2, -0.15) is 0 Å². The third kappa shape index (κ3) is 3.37. The van der Waals surface area contributed by atoms with Crippen LogP contribution >= 0.6 is 0 Å². The van der Waals surface area contributed by atoms with Gasteiger partial charge in [0, 0.05) is 17.0 Å². The normalized spacial score (nSPS) is 10.3. The summed E-state index contributed by atoms with van der Waals surface area (Å²) in [6.07, 6.45) is 0.960. The zero-order valence-corrected chi connectivity index (χ0v) is 11.4. The van der Waals surface area contributed by atoms with Gasteiger partial charge in [0.2, 0.25) is 5.95 Å². The van der Waals surface area contributed by atoms with Crippen LogP contribution in [0.4, 0.5) is 5.95 Å². The van der Waals surface area contributed by atoms with Crippen molar-refractivity contribution >= 4 is 11.9 Å². The number of aromatic nitrogens is 2. The minimum absolute atomic E-state index is 0.187. The first-order chi connectivity index (χ1) is 9.08. The Morgan fingerprint density at radius 3 is 2.21 bits per heavy atom. The molecule has 1 N–H and O–H groups in total. The number of carbonyl (C=O) groups is 1. The Labute approximate surface area is 112 Å². The lowest BCUT2D eigenvalue weighted by Crippen LogP contribution is -2.14. The number of amides is 1. The molecular formula is C15H17N3O. The van der Waals surface area contributed by atoms with Crippen molar-refractivity contribution in [2.45, 2.75) is 27.2 Å². The van der Waals surface area contributed by atoms with Gasteiger partial charge in [-0.3, -0.25) is 10.1 Å². The minimum atomic E-state index is -0.187. The van der Waals surface area contributed by atoms with Crippen molar-refractivity contribution in [3.05, 3.63) is 52.8 Å². The quantitative estimate of drug-likeness (QED) is 0.917. The standard InChI is InChI=1S/C15H17N3O/c1-4-12-5-7-13(8-6-12)14(19)18-15-16-10(2)9-11(3)17-15/h5-9H,4H2,1-3H3,(H,16,17,18,19). The number of hydrogen-bond donors (Lipinski definition) is 1. The molecule has 98 valence electrons. The molecule has 4 heteroatoms. The number of hydrogen-bond acceptors (Lipinski definition) is 3. The smallest absolute Gasteiger partial charge is 0.258 e. The van der Waals surface area contributed by atoms with E-state index in [0.717, 1.165) is 17.8 Å². The van der Waals surface area contributed by atoms with E-state index in [1.807, 2.05) is 44.2 Å². The Morgan fingerprint density at radius 1 is 1.11 bits per heavy atom. The Morgan fingerprint density at radius 2 is 1.68 bits per heavy atom. The predicted molar refractivity (Wildman–Crippen MR) is 75.3 cm³/mol. The molecule has 0 atom stereocenters. The Kier molecular flexibility index (Phi) is 3.90. The van der Waals surface area contributed by atoms with Crippen LogP contribution < -0.4 is 5.32 Å². The van der Waals surface area contributed by atoms with Crippen LogP contribution in [0.2, 0.25) is 0 Å². The predicted octanol–water partition coefficient (Wildman–Crippen LogP) is 2.91. The summed E-state index contributed by atoms with van der Waals surface area (Å²) in [6.45, 7) is 5.83. The molecule has 1 aromatic carbocycles. The highest BCUT2D eigenvalue weighted by molar-refractivity contribution is 6.03. The second-order valence-electron chi connectivity index (χ2n) is 4.48. The summed E-state index contributed by atoms with van der Waals surface area (Å²) in [7, 11) is 0. The van der Waals surface area contributed by atoms with Crippen molar-refractivity contribution in [2.75, 3.05) is 5.32 Å². The van der Waals surface area contributed by atoms with Crippen molar-refractivity contribution in [3.63, 3.8) is 0 Å². The maximum absolute atomic E-state index is 12.0. The molecule has 19 heavy (non-hydrogen) atoms. The van der Waals surface area contributed by atoms with E-state index in [0.29, 0.717) is 11.5 Å². The molecule has 0 saturated heterocycles. The van der Waals surface area contributed by atoms with Gasteiger partial charge in [-0.25, -0.2) is 9.97 Å². The van der Waals surface area contributed by atoms with Gasteiger partial charge in [-0.1, -0.05) is 19.1 Å². The second-order valence-corrected chi connectivity index (χ2v) is 4.48. The Balaban J connectivity index is 2.15. The zero-order chi connectivity index (χ0) is 13.8. The molecule has 0 saturated carbocycles. The molecule has 0 unspecified atom stereocenters. The van der Waals surface area contributed by atoms with Crippen LogP contribution in [0.15, 0.2) is 30.3 Å². The van der Waals surface area contributed by atoms with E-state index in [4.69, 9.17) is 0 Å². The van der Waals surface area contributed by atoms with Crippen molar-refractivity contribution in [1.29, 1.82) is 0 Å². The fourth-order valence-electron chi connectivity index (χ4n) is 1.85. The van der Waals surface area contributed by atoms with E-state index in [-0.39, 0.29) is 5.91 Å². The fourth-order valence-corrected chi connectivity index (χ4v) is 1.85. The summed E-state index contributed by atoms with van der Waals surface area (Å²) in [5, 5.41) is 2.72. The van der Waals surface area contributed by atoms with Crippen LogP contribution in [0.3, 0.4) is 0 Å². The zero-order valence-electron chi connectivity index (χ0n) is 11.4. The van der Waals surface area contributed by atoms with Gasteiger partial charge in [-0.15, -0.1) is 0 Å². The lowest BCUT2D eigenvalue weighted by molar-refractivity contribution is 0.102. The van der Waals surface area contributed by atoms with E-state index in [1.54, 1.807) is 0 Å². The lowest BCUT2D eigenvalue weighted by atomic mass is 10.1. The maximum atomic E-state index is 12.0. The van der Waals surface area contributed by atoms with Crippen LogP contribution in [0.5, 0.6) is 0 Å². The summed E-state index contributed by atoms with van der Waals surface area (Å²) in [4.78, 5) is 20.4. The summed E-state index contributed by atoms with van der Waals surface area (Å²) in [6, 6.07) is 9.41. The average molecular weight is 255 g/mol. The first-order valence-corrected chi connectivity index (χ1v) is 6.31. The highest BCUT2D eigenvalue weighted by Crippen LogP contribution is 2.09. The molecule has 4 nitrogen and oxygen atoms in total. The molecular weight excluding hydrogens is 238 g/mol. The largest absolute Gasteiger partial charge is 0.290 e. The molecule has 2 aromatic rings. The van der Waals surface area contributed by atoms with Crippen LogP contribution in [0.1, 0.15) is 34.2 Å². The third-order valence-corrected chi connectivity index (χ3v) is 2.83. The van der Waals surface area contributed by atoms with Gasteiger partial charge >= 0.3 is 0 Å². The molecule has 0 radical (unpaired) electrons. The number of nitrogens with zero attached hydrogens (tertiary/aromatic N) is 2. The van der Waals surface area contributed by atoms with E-state index in [2.05, 4.69) is 22.2 Å². The Bertz CT molecular complexity index is 571. The van der Waals surface area contributed by atoms with Gasteiger partial charge in [0.15, 0.2) is 0 Å². The van der Waals surface area contributed by atoms with E-state index in [9.17, 15) is 4.79 Å². The van der Waals surface area contributed by atoms with Crippen LogP contribution in [0.25, 0.3) is 0 Å². The van der Waals surface area contributed by atoms with Crippen molar-refractivity contribution in [2.24, 2.45) is 0 Å². The van der Waals surface area contributed by atoms with Gasteiger partial charge in [-0.05, 0) is 44.0 Å². The van der Waals surface area contributed by atoms with Crippen LogP contribution in [-0.2, 0) is 6.42 Å². The van der Waals surface area contributed by atoms with E-state index >= 15 is 0 Å². The minimum Gasteiger partial charge on any atom is -0.290 e. The van der Waals surface area contributed by atoms with E-state index in [1.165, 1.54) is 5.56 Å². The van der Waals surface area contributed by atoms with Crippen molar-refractivity contribution in [3.8, 4) is 0 Å². The molecule has 0 aliphatic heterocycles. The summed E-state index contributed by atoms with van der Waals surface area (Å²) >= 11 is 0. The number of nitrogens with one attached hydrogen (secondary N) is 1. The molecule has 0 spiro atoms. The molecule has 0 aliphatic carbocycles. The molecule has 1 heterocycles. The first-order valence-electron chi connectivity index (χ1n) is 6.31. The van der Waals surface area contributed by atoms with E-state index < -0.39 is 0 Å². The topological polar surface area (TPSA) is 54.9 Å². The lowest BCUT2D eigenvalue weighted by Gasteiger charge is -2.06. The van der Waals surface area contributed by atoms with Crippen molar-refractivity contribution in [1.82, 2.24) is 9.97 Å². The van der Waals surface area contributed by atoms with Gasteiger partial charge in [0.1, 0.15) is 0 Å². The molecule has 1 aromatic heterocycles. The SMILES string of the molecule is CCc1ccc(C(=O)Nc2nc(C)cc(C)n2)cc1. The fraction of sp³-hybridized carbons (Fsp3) is 0.267. The number of anilines is 1. The number of rotatable bonds is 3. The monoisotopic (exact) mass is 255 g/mol. The third-order valence-electron chi connectivity index (χ3n) is 2.83. The van der Waals surface area contributed by atoms with Crippen LogP contribution in [-0.4, -0.2) is 15.9 Å². The highest BCUT2D eigenvalue weighted by atomic mass is 16.1. The average Bonchev–Trinajstić information content (AvgIpc) is 2.37. The van der Waals surface area contributed by atoms with Crippen molar-refractivity contribution < 1.29 is 4.79 Å². The first kappa shape index (κ1) is 13.2. The molecule has 2 rings (SSSR count). The van der Waals surface area contributed by atoms with Gasteiger partial charge in [0.05, 0.1) is 0 Å². The summed E-state index contributed by atoms with van der Waals surface area (Å²) < 4.78 is 0. The number of carbonyl (C=O) groups excluding carboxylic acids is 1. The maximum Gasteiger partial charge on any atom is 0.258 e. The highest BCUT2D eigenvalue weighted by Gasteiger charge is 2.08. The molecule has 0 aliphatic rings. The van der Waals surface area contributed by atoms with Crippen LogP contribution in [0, 0.1) is 13.8 Å². The molecule has 1 amide bonds. The van der Waals surface area contributed by atoms with Gasteiger partial charge < -0.3 is 0 Å². The summed E-state index contributed by atoms with van der Waals surface area (Å²) in [5.74, 6) is 0.162. The summed E-state index contributed by atoms with van der Waals surface area (Å²) in [5.41, 5.74) is 3.49. The van der Waals surface area contributed by atoms with Gasteiger partial charge in [0.25, 0.3) is 5.91 Å². The number of benzene rings is 1. The second kappa shape index (κ2) is 5.61.